The van der Waals surface area contributed by atoms with Gasteiger partial charge in [-0.05, 0) is 50.9 Å². The van der Waals surface area contributed by atoms with Crippen molar-refractivity contribution in [3.05, 3.63) is 24.3 Å². The summed E-state index contributed by atoms with van der Waals surface area (Å²) in [4.78, 5) is 14.7. The number of ether oxygens (including phenoxy) is 2. The Balaban J connectivity index is 1.70. The van der Waals surface area contributed by atoms with Crippen molar-refractivity contribution >= 4 is 21.7 Å². The van der Waals surface area contributed by atoms with Crippen LogP contribution in [0.1, 0.15) is 25.7 Å². The van der Waals surface area contributed by atoms with Gasteiger partial charge < -0.3 is 19.7 Å². The van der Waals surface area contributed by atoms with E-state index in [1.165, 1.54) is 19.2 Å². The summed E-state index contributed by atoms with van der Waals surface area (Å²) in [5.41, 5.74) is 0.431. The molecular weight excluding hydrogens is 370 g/mol. The van der Waals surface area contributed by atoms with Gasteiger partial charge in [-0.25, -0.2) is 17.9 Å². The fraction of sp³-hybridized carbons (Fsp3) is 0.611. The van der Waals surface area contributed by atoms with Gasteiger partial charge in [0.05, 0.1) is 17.1 Å². The summed E-state index contributed by atoms with van der Waals surface area (Å²) < 4.78 is 37.6. The standard InChI is InChI=1S/C18H27N3O5S/c1-19-27(23,24)17-8-2-5-14(11-17)20-18(22)21(12-15-6-3-9-25-15)13-16-7-4-10-26-16/h2,5,8,11,15-16,19H,3-4,6-7,9-10,12-13H2,1H3,(H,20,22)/t15-,16-/m0/s1. The highest BCUT2D eigenvalue weighted by atomic mass is 32.2. The van der Waals surface area contributed by atoms with Crippen LogP contribution in [0.15, 0.2) is 29.2 Å². The Labute approximate surface area is 160 Å². The van der Waals surface area contributed by atoms with Crippen LogP contribution in [-0.4, -0.2) is 64.9 Å². The number of benzene rings is 1. The molecule has 2 heterocycles. The van der Waals surface area contributed by atoms with Gasteiger partial charge in [-0.15, -0.1) is 0 Å². The first-order valence-electron chi connectivity index (χ1n) is 9.30. The van der Waals surface area contributed by atoms with E-state index in [1.807, 2.05) is 0 Å². The van der Waals surface area contributed by atoms with Crippen LogP contribution in [0.2, 0.25) is 0 Å². The van der Waals surface area contributed by atoms with Crippen LogP contribution < -0.4 is 10.0 Å². The van der Waals surface area contributed by atoms with Crippen LogP contribution in [-0.2, 0) is 19.5 Å². The molecule has 0 bridgehead atoms. The molecule has 2 saturated heterocycles. The van der Waals surface area contributed by atoms with E-state index in [0.29, 0.717) is 18.8 Å². The molecule has 0 saturated carbocycles. The van der Waals surface area contributed by atoms with Crippen molar-refractivity contribution in [1.29, 1.82) is 0 Å². The first kappa shape index (κ1) is 20.1. The van der Waals surface area contributed by atoms with Gasteiger partial charge in [-0.1, -0.05) is 6.07 Å². The summed E-state index contributed by atoms with van der Waals surface area (Å²) in [5.74, 6) is 0. The van der Waals surface area contributed by atoms with Gasteiger partial charge in [0.2, 0.25) is 10.0 Å². The second-order valence-corrected chi connectivity index (χ2v) is 8.73. The maximum atomic E-state index is 12.9. The zero-order valence-corrected chi connectivity index (χ0v) is 16.3. The van der Waals surface area contributed by atoms with Crippen molar-refractivity contribution in [3.63, 3.8) is 0 Å². The van der Waals surface area contributed by atoms with E-state index in [4.69, 9.17) is 9.47 Å². The number of nitrogens with zero attached hydrogens (tertiary/aromatic N) is 1. The van der Waals surface area contributed by atoms with E-state index in [9.17, 15) is 13.2 Å². The van der Waals surface area contributed by atoms with E-state index in [1.54, 1.807) is 17.0 Å². The molecule has 2 aliphatic rings. The number of anilines is 1. The highest BCUT2D eigenvalue weighted by Gasteiger charge is 2.27. The zero-order chi connectivity index (χ0) is 19.3. The molecule has 0 aromatic heterocycles. The normalized spacial score (nSPS) is 22.7. The number of hydrogen-bond acceptors (Lipinski definition) is 5. The lowest BCUT2D eigenvalue weighted by Crippen LogP contribution is -2.44. The second kappa shape index (κ2) is 9.01. The summed E-state index contributed by atoms with van der Waals surface area (Å²) in [6.45, 7) is 2.45. The molecule has 2 aliphatic heterocycles. The maximum Gasteiger partial charge on any atom is 0.322 e. The smallest absolute Gasteiger partial charge is 0.322 e. The first-order valence-corrected chi connectivity index (χ1v) is 10.8. The van der Waals surface area contributed by atoms with E-state index in [0.717, 1.165) is 38.9 Å². The molecule has 0 aliphatic carbocycles. The Morgan fingerprint density at radius 3 is 2.30 bits per heavy atom. The molecule has 9 heteroatoms. The molecule has 27 heavy (non-hydrogen) atoms. The summed E-state index contributed by atoms with van der Waals surface area (Å²) in [6.07, 6.45) is 3.95. The summed E-state index contributed by atoms with van der Waals surface area (Å²) in [6, 6.07) is 5.92. The van der Waals surface area contributed by atoms with Crippen LogP contribution in [0.3, 0.4) is 0 Å². The molecule has 2 amide bonds. The van der Waals surface area contributed by atoms with Crippen molar-refractivity contribution in [2.75, 3.05) is 38.7 Å². The Morgan fingerprint density at radius 2 is 1.78 bits per heavy atom. The predicted molar refractivity (Wildman–Crippen MR) is 101 cm³/mol. The third-order valence-electron chi connectivity index (χ3n) is 4.85. The molecule has 2 fully saturated rings. The second-order valence-electron chi connectivity index (χ2n) is 6.84. The fourth-order valence-electron chi connectivity index (χ4n) is 3.37. The lowest BCUT2D eigenvalue weighted by atomic mass is 10.2. The van der Waals surface area contributed by atoms with E-state index >= 15 is 0 Å². The quantitative estimate of drug-likeness (QED) is 0.731. The minimum Gasteiger partial charge on any atom is -0.376 e. The Kier molecular flexibility index (Phi) is 6.69. The van der Waals surface area contributed by atoms with E-state index < -0.39 is 10.0 Å². The minimum absolute atomic E-state index is 0.0353. The first-order chi connectivity index (χ1) is 13.0. The Bertz CT molecular complexity index is 725. The molecule has 0 radical (unpaired) electrons. The number of carbonyl (C=O) groups excluding carboxylic acids is 1. The SMILES string of the molecule is CNS(=O)(=O)c1cccc(NC(=O)N(C[C@@H]2CCCO2)C[C@@H]2CCCO2)c1. The van der Waals surface area contributed by atoms with Crippen molar-refractivity contribution in [3.8, 4) is 0 Å². The van der Waals surface area contributed by atoms with Gasteiger partial charge >= 0.3 is 6.03 Å². The van der Waals surface area contributed by atoms with Gasteiger partial charge in [-0.3, -0.25) is 0 Å². The van der Waals surface area contributed by atoms with Gasteiger partial charge in [0.25, 0.3) is 0 Å². The van der Waals surface area contributed by atoms with Crippen LogP contribution in [0.5, 0.6) is 0 Å². The lowest BCUT2D eigenvalue weighted by molar-refractivity contribution is 0.0524. The summed E-state index contributed by atoms with van der Waals surface area (Å²) in [5, 5.41) is 2.81. The summed E-state index contributed by atoms with van der Waals surface area (Å²) >= 11 is 0. The Morgan fingerprint density at radius 1 is 1.15 bits per heavy atom. The van der Waals surface area contributed by atoms with Gasteiger partial charge in [-0.2, -0.15) is 0 Å². The highest BCUT2D eigenvalue weighted by molar-refractivity contribution is 7.89. The highest BCUT2D eigenvalue weighted by Crippen LogP contribution is 2.19. The van der Waals surface area contributed by atoms with E-state index in [2.05, 4.69) is 10.0 Å². The Hall–Kier alpha value is -1.68. The van der Waals surface area contributed by atoms with Crippen LogP contribution >= 0.6 is 0 Å². The average Bonchev–Trinajstić information content (AvgIpc) is 3.35. The van der Waals surface area contributed by atoms with Crippen LogP contribution in [0.25, 0.3) is 0 Å². The average molecular weight is 397 g/mol. The number of hydrogen-bond donors (Lipinski definition) is 2. The minimum atomic E-state index is -3.57. The van der Waals surface area contributed by atoms with Crippen LogP contribution in [0, 0.1) is 0 Å². The number of carbonyl (C=O) groups is 1. The van der Waals surface area contributed by atoms with E-state index in [-0.39, 0.29) is 23.1 Å². The molecule has 1 aromatic rings. The van der Waals surface area contributed by atoms with Crippen molar-refractivity contribution < 1.29 is 22.7 Å². The molecule has 3 rings (SSSR count). The number of urea groups is 1. The van der Waals surface area contributed by atoms with Gasteiger partial charge in [0.1, 0.15) is 0 Å². The van der Waals surface area contributed by atoms with Crippen LogP contribution in [0.4, 0.5) is 10.5 Å². The van der Waals surface area contributed by atoms with Gasteiger partial charge in [0.15, 0.2) is 0 Å². The monoisotopic (exact) mass is 397 g/mol. The molecule has 0 unspecified atom stereocenters. The third-order valence-corrected chi connectivity index (χ3v) is 6.26. The number of sulfonamides is 1. The number of amides is 2. The van der Waals surface area contributed by atoms with Crippen molar-refractivity contribution in [1.82, 2.24) is 9.62 Å². The summed E-state index contributed by atoms with van der Waals surface area (Å²) in [7, 11) is -2.22. The number of nitrogens with one attached hydrogen (secondary N) is 2. The molecular formula is C18H27N3O5S. The molecule has 0 spiro atoms. The maximum absolute atomic E-state index is 12.9. The molecule has 2 atom stereocenters. The zero-order valence-electron chi connectivity index (χ0n) is 15.5. The van der Waals surface area contributed by atoms with Crippen molar-refractivity contribution in [2.45, 2.75) is 42.8 Å². The molecule has 2 N–H and O–H groups in total. The van der Waals surface area contributed by atoms with Gasteiger partial charge in [0, 0.05) is 32.0 Å². The largest absolute Gasteiger partial charge is 0.376 e. The molecule has 1 aromatic carbocycles. The third kappa shape index (κ3) is 5.41. The lowest BCUT2D eigenvalue weighted by Gasteiger charge is -2.28. The van der Waals surface area contributed by atoms with Crippen molar-refractivity contribution in [2.24, 2.45) is 0 Å². The topological polar surface area (TPSA) is 97.0 Å². The fourth-order valence-corrected chi connectivity index (χ4v) is 4.15. The molecule has 150 valence electrons. The predicted octanol–water partition coefficient (Wildman–Crippen LogP) is 1.79. The number of rotatable bonds is 7. The molecule has 8 nitrogen and oxygen atoms in total.